The van der Waals surface area contributed by atoms with Gasteiger partial charge in [-0.05, 0) is 41.8 Å². The van der Waals surface area contributed by atoms with E-state index in [0.29, 0.717) is 48.5 Å². The van der Waals surface area contributed by atoms with Crippen LogP contribution in [0.1, 0.15) is 16.7 Å². The van der Waals surface area contributed by atoms with Crippen LogP contribution in [-0.2, 0) is 16.1 Å². The molecule has 0 spiro atoms. The van der Waals surface area contributed by atoms with Crippen LogP contribution in [-0.4, -0.2) is 51.9 Å². The molecule has 0 saturated carbocycles. The summed E-state index contributed by atoms with van der Waals surface area (Å²) in [5.74, 6) is 0.565. The van der Waals surface area contributed by atoms with Crippen LogP contribution in [0, 0.1) is 12.3 Å². The summed E-state index contributed by atoms with van der Waals surface area (Å²) >= 11 is 1.15. The summed E-state index contributed by atoms with van der Waals surface area (Å²) in [4.78, 5) is 31.0. The number of fused-ring (bicyclic) bond motifs is 1. The molecule has 2 aromatic carbocycles. The highest BCUT2D eigenvalue weighted by Gasteiger charge is 2.16. The lowest BCUT2D eigenvalue weighted by Crippen LogP contribution is -2.47. The number of aromatic nitrogens is 3. The van der Waals surface area contributed by atoms with E-state index >= 15 is 0 Å². The highest BCUT2D eigenvalue weighted by Crippen LogP contribution is 2.16. The number of hydrogen-bond acceptors (Lipinski definition) is 7. The van der Waals surface area contributed by atoms with E-state index in [4.69, 9.17) is 14.9 Å². The number of nitrogens with zero attached hydrogens (tertiary/aromatic N) is 3. The molecule has 0 bridgehead atoms. The number of ether oxygens (including phenoxy) is 2. The van der Waals surface area contributed by atoms with Gasteiger partial charge >= 0.3 is 0 Å². The van der Waals surface area contributed by atoms with Gasteiger partial charge in [-0.3, -0.25) is 20.1 Å². The second-order valence-corrected chi connectivity index (χ2v) is 9.39. The Bertz CT molecular complexity index is 1600. The summed E-state index contributed by atoms with van der Waals surface area (Å²) in [5.41, 5.74) is 2.51. The molecule has 0 radical (unpaired) electrons. The largest absolute Gasteiger partial charge is 0.489 e. The second-order valence-electron chi connectivity index (χ2n) is 8.39. The number of aromatic amines is 1. The third-order valence-electron chi connectivity index (χ3n) is 5.94. The number of hydrogen-bond donors (Lipinski definition) is 2. The first-order valence-electron chi connectivity index (χ1n) is 11.5. The summed E-state index contributed by atoms with van der Waals surface area (Å²) in [6.07, 6.45) is 3.09. The number of carbonyl (C=O) groups is 1. The maximum Gasteiger partial charge on any atom is 0.283 e. The van der Waals surface area contributed by atoms with E-state index in [9.17, 15) is 9.59 Å². The molecule has 1 fully saturated rings. The topological polar surface area (TPSA) is 113 Å². The van der Waals surface area contributed by atoms with Gasteiger partial charge in [0.25, 0.3) is 5.56 Å². The quantitative estimate of drug-likeness (QED) is 0.420. The van der Waals surface area contributed by atoms with E-state index in [-0.39, 0.29) is 16.6 Å². The van der Waals surface area contributed by atoms with Gasteiger partial charge in [-0.25, -0.2) is 4.68 Å². The lowest BCUT2D eigenvalue weighted by molar-refractivity contribution is -0.128. The zero-order valence-electron chi connectivity index (χ0n) is 19.7. The molecular weight excluding hydrogens is 478 g/mol. The fourth-order valence-electron chi connectivity index (χ4n) is 3.86. The van der Waals surface area contributed by atoms with Crippen LogP contribution in [0.15, 0.2) is 53.3 Å². The van der Waals surface area contributed by atoms with Gasteiger partial charge in [-0.2, -0.15) is 4.98 Å². The molecule has 9 nitrogen and oxygen atoms in total. The molecule has 1 amide bonds. The van der Waals surface area contributed by atoms with Crippen LogP contribution in [0.4, 0.5) is 0 Å². The molecule has 0 atom stereocenters. The highest BCUT2D eigenvalue weighted by molar-refractivity contribution is 7.11. The molecular formula is C26H25N5O4S. The smallest absolute Gasteiger partial charge is 0.283 e. The molecule has 2 aromatic rings. The molecule has 3 aliphatic rings. The summed E-state index contributed by atoms with van der Waals surface area (Å²) in [6.45, 7) is 4.62. The van der Waals surface area contributed by atoms with Crippen LogP contribution in [0.5, 0.6) is 5.75 Å². The Labute approximate surface area is 210 Å². The zero-order chi connectivity index (χ0) is 25.1. The van der Waals surface area contributed by atoms with E-state index in [1.807, 2.05) is 55.5 Å². The molecule has 36 heavy (non-hydrogen) atoms. The lowest BCUT2D eigenvalue weighted by atomic mass is 10.1. The monoisotopic (exact) mass is 503 g/mol. The van der Waals surface area contributed by atoms with Crippen molar-refractivity contribution < 1.29 is 14.3 Å². The van der Waals surface area contributed by atoms with Crippen molar-refractivity contribution in [3.05, 3.63) is 90.9 Å². The average molecular weight is 504 g/mol. The molecule has 5 rings (SSSR count). The minimum Gasteiger partial charge on any atom is -0.489 e. The number of H-pyrrole nitrogens is 1. The molecule has 10 heteroatoms. The first-order valence-corrected chi connectivity index (χ1v) is 12.3. The number of nitrogens with one attached hydrogen (secondary N) is 2. The minimum absolute atomic E-state index is 0.0281. The molecule has 2 N–H and O–H groups in total. The Hall–Kier alpha value is -4.02. The maximum absolute atomic E-state index is 12.7. The van der Waals surface area contributed by atoms with Gasteiger partial charge in [0.05, 0.1) is 18.4 Å². The van der Waals surface area contributed by atoms with Crippen molar-refractivity contribution in [2.24, 2.45) is 0 Å². The third-order valence-corrected chi connectivity index (χ3v) is 6.83. The van der Waals surface area contributed by atoms with Crippen molar-refractivity contribution in [3.8, 4) is 10.9 Å². The van der Waals surface area contributed by atoms with E-state index in [1.54, 1.807) is 11.0 Å². The van der Waals surface area contributed by atoms with Crippen molar-refractivity contribution in [1.82, 2.24) is 19.7 Å². The van der Waals surface area contributed by atoms with Crippen molar-refractivity contribution in [2.45, 2.75) is 13.5 Å². The van der Waals surface area contributed by atoms with Gasteiger partial charge in [-0.15, -0.1) is 0 Å². The van der Waals surface area contributed by atoms with Gasteiger partial charge in [-0.1, -0.05) is 47.7 Å². The Morgan fingerprint density at radius 3 is 2.69 bits per heavy atom. The number of amides is 1. The number of rotatable bonds is 5. The Kier molecular flexibility index (Phi) is 6.79. The fourth-order valence-corrected chi connectivity index (χ4v) is 4.71. The van der Waals surface area contributed by atoms with Crippen molar-refractivity contribution in [2.75, 3.05) is 26.3 Å². The predicted octanol–water partition coefficient (Wildman–Crippen LogP) is 0.895. The van der Waals surface area contributed by atoms with Crippen LogP contribution >= 0.6 is 11.3 Å². The normalized spacial score (nSPS) is 15.0. The zero-order valence-corrected chi connectivity index (χ0v) is 20.5. The van der Waals surface area contributed by atoms with Crippen LogP contribution in [0.25, 0.3) is 17.3 Å². The van der Waals surface area contributed by atoms with Crippen LogP contribution in [0.2, 0.25) is 0 Å². The highest BCUT2D eigenvalue weighted by atomic mass is 32.1. The van der Waals surface area contributed by atoms with Gasteiger partial charge < -0.3 is 14.4 Å². The molecule has 1 saturated heterocycles. The Morgan fingerprint density at radius 2 is 1.94 bits per heavy atom. The summed E-state index contributed by atoms with van der Waals surface area (Å²) in [7, 11) is 0. The third kappa shape index (κ3) is 5.14. The maximum atomic E-state index is 12.7. The molecule has 0 aromatic heterocycles. The van der Waals surface area contributed by atoms with E-state index < -0.39 is 5.56 Å². The number of morpholine rings is 1. The van der Waals surface area contributed by atoms with Gasteiger partial charge in [0.2, 0.25) is 11.0 Å². The van der Waals surface area contributed by atoms with Crippen molar-refractivity contribution in [3.63, 3.8) is 0 Å². The fraction of sp³-hybridized carbons (Fsp3) is 0.231. The summed E-state index contributed by atoms with van der Waals surface area (Å²) in [6, 6.07) is 15.4. The second kappa shape index (κ2) is 10.3. The SMILES string of the molecule is Cc1ccccc1COc1ccc(/C=c2\c(=O)nc3s/c(=C/C(=O)N4CCOCC4)[nH]n-3c2=N)cc1. The van der Waals surface area contributed by atoms with Crippen molar-refractivity contribution in [1.29, 1.82) is 5.41 Å². The van der Waals surface area contributed by atoms with Gasteiger partial charge in [0, 0.05) is 19.2 Å². The Balaban J connectivity index is 1.39. The van der Waals surface area contributed by atoms with Crippen LogP contribution in [0.3, 0.4) is 0 Å². The molecule has 3 heterocycles. The molecule has 0 unspecified atom stereocenters. The van der Waals surface area contributed by atoms with E-state index in [2.05, 4.69) is 10.1 Å². The number of benzene rings is 2. The van der Waals surface area contributed by atoms with Gasteiger partial charge in [0.1, 0.15) is 17.0 Å². The molecule has 184 valence electrons. The minimum atomic E-state index is -0.499. The molecule has 0 aliphatic carbocycles. The molecule has 3 aliphatic heterocycles. The number of aryl methyl sites for hydroxylation is 1. The Morgan fingerprint density at radius 1 is 1.19 bits per heavy atom. The lowest BCUT2D eigenvalue weighted by Gasteiger charge is -2.25. The van der Waals surface area contributed by atoms with Crippen LogP contribution < -0.4 is 25.7 Å². The van der Waals surface area contributed by atoms with Crippen molar-refractivity contribution >= 4 is 29.4 Å². The standard InChI is InChI=1S/C26H25N5O4S/c1-17-4-2-3-5-19(17)16-35-20-8-6-18(7-9-20)14-21-24(27)31-26(28-25(21)33)36-22(29-31)15-23(32)30-10-12-34-13-11-30/h2-9,14-15,27,29H,10-13,16H2,1H3/b21-14-,22-15+,27-24?. The average Bonchev–Trinajstić information content (AvgIpc) is 3.29. The number of carbonyl (C=O) groups excluding carboxylic acids is 1. The van der Waals surface area contributed by atoms with E-state index in [0.717, 1.165) is 22.5 Å². The summed E-state index contributed by atoms with van der Waals surface area (Å²) < 4.78 is 13.1. The first-order chi connectivity index (χ1) is 17.5. The summed E-state index contributed by atoms with van der Waals surface area (Å²) in [5, 5.41) is 12.0. The van der Waals surface area contributed by atoms with E-state index in [1.165, 1.54) is 16.3 Å². The first kappa shape index (κ1) is 23.7. The predicted molar refractivity (Wildman–Crippen MR) is 136 cm³/mol. The van der Waals surface area contributed by atoms with Gasteiger partial charge in [0.15, 0.2) is 5.49 Å².